The largest absolute Gasteiger partial charge is 0.0883 e. The van der Waals surface area contributed by atoms with Crippen LogP contribution in [0, 0.1) is 23.7 Å². The van der Waals surface area contributed by atoms with Crippen LogP contribution in [0.1, 0.15) is 117 Å². The summed E-state index contributed by atoms with van der Waals surface area (Å²) in [6.45, 7) is 4.55. The molecule has 0 saturated heterocycles. The molecule has 0 aromatic carbocycles. The lowest BCUT2D eigenvalue weighted by molar-refractivity contribution is 0.268. The third kappa shape index (κ3) is 8.92. The molecule has 0 bridgehead atoms. The molecule has 0 N–H and O–H groups in total. The molecule has 2 rings (SSSR count). The smallest absolute Gasteiger partial charge is 0.0233 e. The Balaban J connectivity index is 1.47. The van der Waals surface area contributed by atoms with E-state index in [1.54, 1.807) is 0 Å². The second kappa shape index (κ2) is 13.6. The van der Waals surface area contributed by atoms with Gasteiger partial charge in [-0.1, -0.05) is 76.7 Å². The summed E-state index contributed by atoms with van der Waals surface area (Å²) in [7, 11) is 0. The van der Waals surface area contributed by atoms with E-state index in [-0.39, 0.29) is 0 Å². The van der Waals surface area contributed by atoms with Gasteiger partial charge in [-0.05, 0) is 87.9 Å². The molecule has 0 nitrogen and oxygen atoms in total. The summed E-state index contributed by atoms with van der Waals surface area (Å²) in [4.78, 5) is 0. The van der Waals surface area contributed by atoms with Crippen LogP contribution in [0.15, 0.2) is 24.3 Å². The lowest BCUT2D eigenvalue weighted by Crippen LogP contribution is -2.14. The minimum Gasteiger partial charge on any atom is -0.0883 e. The molecule has 150 valence electrons. The van der Waals surface area contributed by atoms with Crippen LogP contribution in [0.5, 0.6) is 0 Å². The molecule has 0 atom stereocenters. The van der Waals surface area contributed by atoms with Gasteiger partial charge in [0.15, 0.2) is 0 Å². The highest BCUT2D eigenvalue weighted by molar-refractivity contribution is 4.92. The number of unbranched alkanes of at least 4 members (excludes halogenated alkanes) is 3. The molecule has 0 heterocycles. The molecule has 2 aliphatic carbocycles. The van der Waals surface area contributed by atoms with Gasteiger partial charge in [-0.2, -0.15) is 0 Å². The van der Waals surface area contributed by atoms with Gasteiger partial charge in [0.1, 0.15) is 0 Å². The summed E-state index contributed by atoms with van der Waals surface area (Å²) in [6, 6.07) is 0. The van der Waals surface area contributed by atoms with Gasteiger partial charge in [0, 0.05) is 0 Å². The first-order valence-electron chi connectivity index (χ1n) is 12.1. The molecule has 2 aliphatic rings. The van der Waals surface area contributed by atoms with Crippen molar-refractivity contribution in [2.75, 3.05) is 0 Å². The maximum atomic E-state index is 2.52. The van der Waals surface area contributed by atoms with E-state index in [4.69, 9.17) is 0 Å². The van der Waals surface area contributed by atoms with E-state index in [1.165, 1.54) is 103 Å². The molecule has 0 aliphatic heterocycles. The molecule has 0 spiro atoms. The van der Waals surface area contributed by atoms with Crippen LogP contribution in [0.2, 0.25) is 0 Å². The summed E-state index contributed by atoms with van der Waals surface area (Å²) in [6.07, 6.45) is 32.9. The molecule has 0 heteroatoms. The Bertz CT molecular complexity index is 337. The lowest BCUT2D eigenvalue weighted by atomic mass is 9.78. The fraction of sp³-hybridized carbons (Fsp3) is 0.846. The minimum atomic E-state index is 0.902. The first kappa shape index (κ1) is 21.8. The molecule has 2 saturated carbocycles. The first-order valence-corrected chi connectivity index (χ1v) is 12.1. The molecule has 2 fully saturated rings. The molecule has 0 amide bonds. The maximum absolute atomic E-state index is 2.52. The quantitative estimate of drug-likeness (QED) is 0.255. The average molecular weight is 359 g/mol. The van der Waals surface area contributed by atoms with Gasteiger partial charge < -0.3 is 0 Å². The highest BCUT2D eigenvalue weighted by Crippen LogP contribution is 2.35. The third-order valence-electron chi connectivity index (χ3n) is 6.98. The van der Waals surface area contributed by atoms with E-state index in [0.29, 0.717) is 0 Å². The van der Waals surface area contributed by atoms with Crippen molar-refractivity contribution >= 4 is 0 Å². The summed E-state index contributed by atoms with van der Waals surface area (Å²) >= 11 is 0. The van der Waals surface area contributed by atoms with Crippen LogP contribution in [0.3, 0.4) is 0 Å². The standard InChI is InChI=1S/C26H46/c1-3-5-7-11-23-15-19-25(20-16-23)13-9-10-14-26-21-17-24(18-22-26)12-8-6-4-2/h7-8,11-12,23-26H,3-6,9-10,13-22H2,1-2H3/t23-,24?,25-,26?. The van der Waals surface area contributed by atoms with E-state index in [0.717, 1.165) is 23.7 Å². The van der Waals surface area contributed by atoms with Crippen molar-refractivity contribution in [3.63, 3.8) is 0 Å². The Hall–Kier alpha value is -0.520. The lowest BCUT2D eigenvalue weighted by Gasteiger charge is -2.28. The Morgan fingerprint density at radius 1 is 0.577 bits per heavy atom. The summed E-state index contributed by atoms with van der Waals surface area (Å²) in [5.74, 6) is 3.90. The number of rotatable bonds is 11. The van der Waals surface area contributed by atoms with Gasteiger partial charge in [-0.3, -0.25) is 0 Å². The van der Waals surface area contributed by atoms with Crippen molar-refractivity contribution in [2.45, 2.75) is 117 Å². The van der Waals surface area contributed by atoms with E-state index in [2.05, 4.69) is 38.2 Å². The fourth-order valence-electron chi connectivity index (χ4n) is 5.12. The van der Waals surface area contributed by atoms with Crippen LogP contribution >= 0.6 is 0 Å². The van der Waals surface area contributed by atoms with Crippen LogP contribution in [0.25, 0.3) is 0 Å². The van der Waals surface area contributed by atoms with Gasteiger partial charge in [-0.15, -0.1) is 0 Å². The zero-order valence-electron chi connectivity index (χ0n) is 17.9. The zero-order valence-corrected chi connectivity index (χ0v) is 17.9. The fourth-order valence-corrected chi connectivity index (χ4v) is 5.12. The number of allylic oxidation sites excluding steroid dienone is 4. The summed E-state index contributed by atoms with van der Waals surface area (Å²) in [5, 5.41) is 0. The van der Waals surface area contributed by atoms with Crippen LogP contribution in [0.4, 0.5) is 0 Å². The van der Waals surface area contributed by atoms with Crippen molar-refractivity contribution in [3.05, 3.63) is 24.3 Å². The van der Waals surface area contributed by atoms with Crippen molar-refractivity contribution in [2.24, 2.45) is 23.7 Å². The zero-order chi connectivity index (χ0) is 18.5. The van der Waals surface area contributed by atoms with Gasteiger partial charge in [0.2, 0.25) is 0 Å². The topological polar surface area (TPSA) is 0 Å². The van der Waals surface area contributed by atoms with E-state index in [9.17, 15) is 0 Å². The predicted molar refractivity (Wildman–Crippen MR) is 117 cm³/mol. The Morgan fingerprint density at radius 2 is 0.962 bits per heavy atom. The molecule has 0 aromatic heterocycles. The molecule has 0 aromatic rings. The Morgan fingerprint density at radius 3 is 1.31 bits per heavy atom. The van der Waals surface area contributed by atoms with Crippen molar-refractivity contribution in [3.8, 4) is 0 Å². The highest BCUT2D eigenvalue weighted by Gasteiger charge is 2.21. The van der Waals surface area contributed by atoms with E-state index < -0.39 is 0 Å². The highest BCUT2D eigenvalue weighted by atomic mass is 14.3. The Kier molecular flexibility index (Phi) is 11.4. The first-order chi connectivity index (χ1) is 12.8. The SMILES string of the molecule is CCCC=CC1CCC(CCCC[C@H]2CC[C@H](C=CCCC)CC2)CC1. The van der Waals surface area contributed by atoms with Crippen LogP contribution < -0.4 is 0 Å². The van der Waals surface area contributed by atoms with Gasteiger partial charge >= 0.3 is 0 Å². The monoisotopic (exact) mass is 358 g/mol. The van der Waals surface area contributed by atoms with Crippen molar-refractivity contribution in [1.29, 1.82) is 0 Å². The summed E-state index contributed by atoms with van der Waals surface area (Å²) in [5.41, 5.74) is 0. The van der Waals surface area contributed by atoms with Crippen LogP contribution in [-0.2, 0) is 0 Å². The van der Waals surface area contributed by atoms with Gasteiger partial charge in [0.25, 0.3) is 0 Å². The minimum absolute atomic E-state index is 0.902. The maximum Gasteiger partial charge on any atom is -0.0233 e. The molecule has 26 heavy (non-hydrogen) atoms. The third-order valence-corrected chi connectivity index (χ3v) is 6.98. The molecular weight excluding hydrogens is 312 g/mol. The Labute approximate surface area is 164 Å². The number of hydrogen-bond acceptors (Lipinski definition) is 0. The second-order valence-corrected chi connectivity index (χ2v) is 9.28. The van der Waals surface area contributed by atoms with Crippen LogP contribution in [-0.4, -0.2) is 0 Å². The second-order valence-electron chi connectivity index (χ2n) is 9.28. The van der Waals surface area contributed by atoms with E-state index >= 15 is 0 Å². The molecule has 0 unspecified atom stereocenters. The molecular formula is C26H46. The van der Waals surface area contributed by atoms with E-state index in [1.807, 2.05) is 0 Å². The number of hydrogen-bond donors (Lipinski definition) is 0. The molecule has 0 radical (unpaired) electrons. The normalized spacial score (nSPS) is 30.4. The van der Waals surface area contributed by atoms with Crippen molar-refractivity contribution < 1.29 is 0 Å². The van der Waals surface area contributed by atoms with Crippen molar-refractivity contribution in [1.82, 2.24) is 0 Å². The summed E-state index contributed by atoms with van der Waals surface area (Å²) < 4.78 is 0. The van der Waals surface area contributed by atoms with Gasteiger partial charge in [0.05, 0.1) is 0 Å². The predicted octanol–water partition coefficient (Wildman–Crippen LogP) is 8.87. The van der Waals surface area contributed by atoms with Gasteiger partial charge in [-0.25, -0.2) is 0 Å². The average Bonchev–Trinajstić information content (AvgIpc) is 2.68.